The van der Waals surface area contributed by atoms with Crippen molar-refractivity contribution in [2.75, 3.05) is 37.0 Å². The van der Waals surface area contributed by atoms with Gasteiger partial charge in [0.15, 0.2) is 0 Å². The van der Waals surface area contributed by atoms with Crippen molar-refractivity contribution >= 4 is 34.5 Å². The van der Waals surface area contributed by atoms with E-state index in [1.165, 1.54) is 0 Å². The minimum Gasteiger partial charge on any atom is -0.383 e. The first-order valence-electron chi connectivity index (χ1n) is 11.1. The number of primary amides is 1. The number of nitrogens with one attached hydrogen (secondary N) is 1. The smallest absolute Gasteiger partial charge is 0.276 e. The van der Waals surface area contributed by atoms with Gasteiger partial charge in [0.25, 0.3) is 5.91 Å². The van der Waals surface area contributed by atoms with E-state index < -0.39 is 5.91 Å². The summed E-state index contributed by atoms with van der Waals surface area (Å²) in [6.07, 6.45) is 0. The SMILES string of the molecule is CCn1nc(C)cc1C(=O)Nc1nc2cc(C(N)=O)cc3c2n1CC(C)(C)CN3CCOC. The van der Waals surface area contributed by atoms with Crippen LogP contribution in [0.3, 0.4) is 0 Å². The highest BCUT2D eigenvalue weighted by molar-refractivity contribution is 6.05. The molecule has 1 aromatic carbocycles. The van der Waals surface area contributed by atoms with Gasteiger partial charge in [-0.15, -0.1) is 0 Å². The van der Waals surface area contributed by atoms with Crippen LogP contribution in [0.15, 0.2) is 18.2 Å². The Labute approximate surface area is 192 Å². The Morgan fingerprint density at radius 3 is 2.67 bits per heavy atom. The van der Waals surface area contributed by atoms with Gasteiger partial charge < -0.3 is 19.9 Å². The number of ether oxygens (including phenoxy) is 1. The molecular weight excluding hydrogens is 422 g/mol. The summed E-state index contributed by atoms with van der Waals surface area (Å²) in [6, 6.07) is 5.25. The first kappa shape index (κ1) is 22.8. The van der Waals surface area contributed by atoms with Gasteiger partial charge in [-0.3, -0.25) is 19.6 Å². The summed E-state index contributed by atoms with van der Waals surface area (Å²) in [5, 5.41) is 7.35. The molecule has 3 heterocycles. The average Bonchev–Trinajstić information content (AvgIpc) is 3.26. The number of imidazole rings is 1. The zero-order chi connectivity index (χ0) is 23.9. The van der Waals surface area contributed by atoms with Crippen LogP contribution in [0, 0.1) is 12.3 Å². The molecule has 0 saturated heterocycles. The second-order valence-electron chi connectivity index (χ2n) is 9.27. The van der Waals surface area contributed by atoms with Crippen LogP contribution in [0.25, 0.3) is 11.0 Å². The molecule has 1 aliphatic heterocycles. The number of carbonyl (C=O) groups excluding carboxylic acids is 2. The summed E-state index contributed by atoms with van der Waals surface area (Å²) in [4.78, 5) is 32.1. The normalized spacial score (nSPS) is 15.0. The van der Waals surface area contributed by atoms with Crippen molar-refractivity contribution in [2.45, 2.75) is 40.8 Å². The summed E-state index contributed by atoms with van der Waals surface area (Å²) in [5.41, 5.74) is 9.43. The van der Waals surface area contributed by atoms with E-state index in [1.54, 1.807) is 30.0 Å². The molecular formula is C23H31N7O3. The lowest BCUT2D eigenvalue weighted by Crippen LogP contribution is -2.37. The average molecular weight is 454 g/mol. The molecule has 2 aromatic heterocycles. The largest absolute Gasteiger partial charge is 0.383 e. The van der Waals surface area contributed by atoms with Crippen molar-refractivity contribution in [1.29, 1.82) is 0 Å². The highest BCUT2D eigenvalue weighted by Crippen LogP contribution is 2.38. The molecule has 1 aliphatic rings. The van der Waals surface area contributed by atoms with Crippen LogP contribution in [0.2, 0.25) is 0 Å². The second kappa shape index (κ2) is 8.51. The molecule has 33 heavy (non-hydrogen) atoms. The van der Waals surface area contributed by atoms with Crippen LogP contribution < -0.4 is 16.0 Å². The molecule has 0 saturated carbocycles. The third-order valence-electron chi connectivity index (χ3n) is 5.88. The summed E-state index contributed by atoms with van der Waals surface area (Å²) in [7, 11) is 1.67. The number of hydrogen-bond donors (Lipinski definition) is 2. The van der Waals surface area contributed by atoms with Crippen LogP contribution in [0.4, 0.5) is 11.6 Å². The maximum atomic E-state index is 13.2. The van der Waals surface area contributed by atoms with Gasteiger partial charge in [0.2, 0.25) is 11.9 Å². The molecule has 3 N–H and O–H groups in total. The molecule has 0 radical (unpaired) electrons. The van der Waals surface area contributed by atoms with Gasteiger partial charge in [-0.2, -0.15) is 5.10 Å². The van der Waals surface area contributed by atoms with E-state index in [0.717, 1.165) is 23.4 Å². The van der Waals surface area contributed by atoms with Gasteiger partial charge in [0.05, 0.1) is 29.0 Å². The fourth-order valence-corrected chi connectivity index (χ4v) is 4.49. The monoisotopic (exact) mass is 453 g/mol. The molecule has 0 atom stereocenters. The molecule has 0 unspecified atom stereocenters. The molecule has 0 bridgehead atoms. The standard InChI is InChI=1S/C23H31N7O3/c1-6-30-18(9-14(2)27-30)21(32)26-22-25-16-10-15(20(24)31)11-17-19(16)29(22)13-23(3,4)12-28(17)7-8-33-5/h9-11H,6-8,12-13H2,1-5H3,(H2,24,31)(H,25,26,32). The van der Waals surface area contributed by atoms with E-state index in [4.69, 9.17) is 15.5 Å². The van der Waals surface area contributed by atoms with E-state index in [1.807, 2.05) is 18.4 Å². The molecule has 10 nitrogen and oxygen atoms in total. The highest BCUT2D eigenvalue weighted by Gasteiger charge is 2.32. The maximum Gasteiger partial charge on any atom is 0.276 e. The molecule has 10 heteroatoms. The fourth-order valence-electron chi connectivity index (χ4n) is 4.49. The number of nitrogens with zero attached hydrogens (tertiary/aromatic N) is 5. The van der Waals surface area contributed by atoms with E-state index in [0.29, 0.717) is 49.0 Å². The van der Waals surface area contributed by atoms with Gasteiger partial charge in [-0.05, 0) is 32.0 Å². The van der Waals surface area contributed by atoms with Crippen molar-refractivity contribution in [1.82, 2.24) is 19.3 Å². The van der Waals surface area contributed by atoms with Gasteiger partial charge in [0, 0.05) is 44.3 Å². The molecule has 3 aromatic rings. The van der Waals surface area contributed by atoms with Crippen molar-refractivity contribution in [2.24, 2.45) is 11.1 Å². The first-order chi connectivity index (χ1) is 15.6. The number of hydrogen-bond acceptors (Lipinski definition) is 6. The third-order valence-corrected chi connectivity index (χ3v) is 5.88. The van der Waals surface area contributed by atoms with Gasteiger partial charge in [-0.1, -0.05) is 13.8 Å². The summed E-state index contributed by atoms with van der Waals surface area (Å²) < 4.78 is 9.02. The van der Waals surface area contributed by atoms with Crippen LogP contribution in [-0.2, 0) is 17.8 Å². The van der Waals surface area contributed by atoms with Crippen molar-refractivity contribution in [3.63, 3.8) is 0 Å². The number of amides is 2. The van der Waals surface area contributed by atoms with Gasteiger partial charge in [-0.25, -0.2) is 4.98 Å². The Kier molecular flexibility index (Phi) is 5.87. The first-order valence-corrected chi connectivity index (χ1v) is 11.1. The quantitative estimate of drug-likeness (QED) is 0.567. The Bertz CT molecular complexity index is 1220. The number of carbonyl (C=O) groups is 2. The number of rotatable bonds is 7. The van der Waals surface area contributed by atoms with Gasteiger partial charge in [0.1, 0.15) is 5.69 Å². The van der Waals surface area contributed by atoms with Crippen molar-refractivity contribution < 1.29 is 14.3 Å². The zero-order valence-electron chi connectivity index (χ0n) is 19.8. The molecule has 4 rings (SSSR count). The van der Waals surface area contributed by atoms with Crippen molar-refractivity contribution in [3.8, 4) is 0 Å². The van der Waals surface area contributed by atoms with Crippen LogP contribution in [-0.4, -0.2) is 58.0 Å². The molecule has 0 aliphatic carbocycles. The molecule has 2 amide bonds. The molecule has 0 fully saturated rings. The Morgan fingerprint density at radius 1 is 1.24 bits per heavy atom. The number of aryl methyl sites for hydroxylation is 2. The topological polar surface area (TPSA) is 120 Å². The van der Waals surface area contributed by atoms with Gasteiger partial charge >= 0.3 is 0 Å². The number of benzene rings is 1. The lowest BCUT2D eigenvalue weighted by atomic mass is 9.93. The van der Waals surface area contributed by atoms with E-state index in [-0.39, 0.29) is 11.3 Å². The van der Waals surface area contributed by atoms with E-state index in [2.05, 4.69) is 29.2 Å². The van der Waals surface area contributed by atoms with E-state index in [9.17, 15) is 9.59 Å². The minimum absolute atomic E-state index is 0.144. The highest BCUT2D eigenvalue weighted by atomic mass is 16.5. The summed E-state index contributed by atoms with van der Waals surface area (Å²) >= 11 is 0. The summed E-state index contributed by atoms with van der Waals surface area (Å²) in [6.45, 7) is 11.3. The van der Waals surface area contributed by atoms with Crippen LogP contribution in [0.1, 0.15) is 47.3 Å². The minimum atomic E-state index is -0.522. The Morgan fingerprint density at radius 2 is 2.00 bits per heavy atom. The van der Waals surface area contributed by atoms with E-state index >= 15 is 0 Å². The fraction of sp³-hybridized carbons (Fsp3) is 0.478. The third kappa shape index (κ3) is 4.30. The lowest BCUT2D eigenvalue weighted by Gasteiger charge is -2.31. The molecule has 0 spiro atoms. The zero-order valence-corrected chi connectivity index (χ0v) is 19.8. The molecule has 176 valence electrons. The predicted molar refractivity (Wildman–Crippen MR) is 127 cm³/mol. The van der Waals surface area contributed by atoms with Crippen LogP contribution >= 0.6 is 0 Å². The van der Waals surface area contributed by atoms with Crippen molar-refractivity contribution in [3.05, 3.63) is 35.2 Å². The second-order valence-corrected chi connectivity index (χ2v) is 9.27. The number of nitrogens with two attached hydrogens (primary N) is 1. The Balaban J connectivity index is 1.86. The predicted octanol–water partition coefficient (Wildman–Crippen LogP) is 2.40. The number of aromatic nitrogens is 4. The maximum absolute atomic E-state index is 13.2. The summed E-state index contributed by atoms with van der Waals surface area (Å²) in [5.74, 6) is -0.370. The number of methoxy groups -OCH3 is 1. The number of anilines is 2. The van der Waals surface area contributed by atoms with Crippen LogP contribution in [0.5, 0.6) is 0 Å². The Hall–Kier alpha value is -3.40. The lowest BCUT2D eigenvalue weighted by molar-refractivity contribution is 0.0996.